The summed E-state index contributed by atoms with van der Waals surface area (Å²) in [7, 11) is -2.42. The van der Waals surface area contributed by atoms with Crippen LogP contribution in [0.15, 0.2) is 30.3 Å². The van der Waals surface area contributed by atoms with Crippen LogP contribution in [0.5, 0.6) is 0 Å². The normalized spacial score (nSPS) is 11.6. The predicted molar refractivity (Wildman–Crippen MR) is 75.7 cm³/mol. The summed E-state index contributed by atoms with van der Waals surface area (Å²) in [6.45, 7) is 0.991. The lowest BCUT2D eigenvalue weighted by Crippen LogP contribution is -2.22. The third-order valence-electron chi connectivity index (χ3n) is 2.34. The summed E-state index contributed by atoms with van der Waals surface area (Å²) in [5, 5.41) is 3.06. The van der Waals surface area contributed by atoms with Crippen LogP contribution in [0, 0.1) is 0 Å². The first-order chi connectivity index (χ1) is 8.18. The number of rotatable bonds is 8. The van der Waals surface area contributed by atoms with Crippen molar-refractivity contribution >= 4 is 26.2 Å². The second-order valence-corrected chi connectivity index (χ2v) is 5.16. The average molecular weight is 292 g/mol. The minimum absolute atomic E-state index is 0. The lowest BCUT2D eigenvalue weighted by atomic mass is 10.2. The Balaban J connectivity index is 0.00000289. The zero-order valence-electron chi connectivity index (χ0n) is 10.1. The Morgan fingerprint density at radius 3 is 2.56 bits per heavy atom. The van der Waals surface area contributed by atoms with Crippen molar-refractivity contribution in [2.45, 2.75) is 19.4 Å². The van der Waals surface area contributed by atoms with Crippen molar-refractivity contribution in [3.05, 3.63) is 35.9 Å². The summed E-state index contributed by atoms with van der Waals surface area (Å²) in [6, 6.07) is 9.85. The lowest BCUT2D eigenvalue weighted by molar-refractivity contribution is -0.118. The van der Waals surface area contributed by atoms with Crippen molar-refractivity contribution in [1.82, 2.24) is 5.32 Å². The number of hydrogen-bond acceptors (Lipinski definition) is 3. The quantitative estimate of drug-likeness (QED) is 0.719. The molecule has 0 aliphatic carbocycles. The van der Waals surface area contributed by atoms with Gasteiger partial charge in [0.1, 0.15) is 5.78 Å². The van der Waals surface area contributed by atoms with E-state index in [1.807, 2.05) is 30.3 Å². The van der Waals surface area contributed by atoms with Crippen LogP contribution in [-0.4, -0.2) is 23.4 Å². The van der Waals surface area contributed by atoms with Gasteiger partial charge >= 0.3 is 0 Å². The summed E-state index contributed by atoms with van der Waals surface area (Å²) in [5.41, 5.74) is 1.14. The van der Waals surface area contributed by atoms with Crippen molar-refractivity contribution < 1.29 is 14.3 Å². The molecule has 0 fully saturated rings. The van der Waals surface area contributed by atoms with Gasteiger partial charge in [-0.25, -0.2) is 0 Å². The molecule has 0 aliphatic heterocycles. The molecule has 0 aliphatic rings. The number of benzene rings is 1. The molecular formula is C12H19ClNO3P. The smallest absolute Gasteiger partial charge is 0.189 e. The van der Waals surface area contributed by atoms with Gasteiger partial charge in [-0.3, -0.25) is 9.36 Å². The monoisotopic (exact) mass is 291 g/mol. The number of ketones is 1. The third-order valence-corrected chi connectivity index (χ3v) is 3.12. The molecule has 0 bridgehead atoms. The Morgan fingerprint density at radius 2 is 1.94 bits per heavy atom. The molecule has 1 aromatic carbocycles. The molecule has 0 saturated heterocycles. The minimum atomic E-state index is -2.42. The van der Waals surface area contributed by atoms with E-state index in [1.54, 1.807) is 0 Å². The standard InChI is InChI=1S/C12H18NO3P.ClH/c14-12(7-4-8-17(15)16)10-13-9-11-5-2-1-3-6-11;/h1-3,5-6,13,17H,4,7-10H2,(H,15,16);1H. The molecule has 1 aromatic rings. The fraction of sp³-hybridized carbons (Fsp3) is 0.417. The number of halogens is 1. The van der Waals surface area contributed by atoms with Crippen LogP contribution in [0.3, 0.4) is 0 Å². The molecule has 0 amide bonds. The van der Waals surface area contributed by atoms with E-state index in [4.69, 9.17) is 4.89 Å². The van der Waals surface area contributed by atoms with Gasteiger partial charge in [-0.2, -0.15) is 0 Å². The lowest BCUT2D eigenvalue weighted by Gasteiger charge is -2.04. The fourth-order valence-corrected chi connectivity index (χ4v) is 1.95. The van der Waals surface area contributed by atoms with E-state index in [9.17, 15) is 9.36 Å². The SMILES string of the molecule is Cl.O=C(CCC[PH](=O)O)CNCc1ccccc1. The highest BCUT2D eigenvalue weighted by atomic mass is 35.5. The number of hydrogen-bond donors (Lipinski definition) is 2. The average Bonchev–Trinajstić information content (AvgIpc) is 2.30. The number of carbonyl (C=O) groups is 1. The van der Waals surface area contributed by atoms with Crippen LogP contribution in [0.25, 0.3) is 0 Å². The first kappa shape index (κ1) is 17.3. The van der Waals surface area contributed by atoms with Crippen LogP contribution in [0.1, 0.15) is 18.4 Å². The zero-order chi connectivity index (χ0) is 12.5. The Bertz CT molecular complexity index is 373. The van der Waals surface area contributed by atoms with Crippen molar-refractivity contribution in [2.24, 2.45) is 0 Å². The summed E-state index contributed by atoms with van der Waals surface area (Å²) in [6.07, 6.45) is 1.12. The number of Topliss-reactive ketones (excluding diaryl/α,β-unsaturated/α-hetero) is 1. The zero-order valence-corrected chi connectivity index (χ0v) is 11.9. The van der Waals surface area contributed by atoms with Crippen molar-refractivity contribution in [3.63, 3.8) is 0 Å². The topological polar surface area (TPSA) is 66.4 Å². The first-order valence-corrected chi connectivity index (χ1v) is 7.23. The van der Waals surface area contributed by atoms with E-state index < -0.39 is 8.03 Å². The molecule has 6 heteroatoms. The van der Waals surface area contributed by atoms with Gasteiger partial charge in [0.05, 0.1) is 6.54 Å². The molecule has 1 atom stereocenters. The highest BCUT2D eigenvalue weighted by Crippen LogP contribution is 2.14. The first-order valence-electron chi connectivity index (χ1n) is 5.66. The van der Waals surface area contributed by atoms with E-state index in [1.165, 1.54) is 0 Å². The Kier molecular flexibility index (Phi) is 9.89. The second-order valence-electron chi connectivity index (χ2n) is 3.88. The van der Waals surface area contributed by atoms with Crippen LogP contribution in [-0.2, 0) is 15.9 Å². The molecule has 102 valence electrons. The molecule has 0 saturated carbocycles. The summed E-state index contributed by atoms with van der Waals surface area (Å²) < 4.78 is 10.4. The molecule has 18 heavy (non-hydrogen) atoms. The number of carbonyl (C=O) groups excluding carboxylic acids is 1. The van der Waals surface area contributed by atoms with Gasteiger partial charge in [0.15, 0.2) is 8.03 Å². The summed E-state index contributed by atoms with van der Waals surface area (Å²) >= 11 is 0. The van der Waals surface area contributed by atoms with Gasteiger partial charge in [0, 0.05) is 19.1 Å². The van der Waals surface area contributed by atoms with Crippen LogP contribution >= 0.6 is 20.4 Å². The Hall–Kier alpha value is -0.670. The van der Waals surface area contributed by atoms with Gasteiger partial charge in [0.2, 0.25) is 0 Å². The van der Waals surface area contributed by atoms with Crippen LogP contribution < -0.4 is 5.32 Å². The van der Waals surface area contributed by atoms with Gasteiger partial charge in [-0.05, 0) is 12.0 Å². The van der Waals surface area contributed by atoms with Crippen molar-refractivity contribution in [3.8, 4) is 0 Å². The molecule has 0 spiro atoms. The summed E-state index contributed by atoms with van der Waals surface area (Å²) in [4.78, 5) is 20.0. The molecule has 2 N–H and O–H groups in total. The second kappa shape index (κ2) is 10.3. The molecule has 0 heterocycles. The van der Waals surface area contributed by atoms with Crippen molar-refractivity contribution in [1.29, 1.82) is 0 Å². The van der Waals surface area contributed by atoms with E-state index >= 15 is 0 Å². The van der Waals surface area contributed by atoms with Gasteiger partial charge in [-0.15, -0.1) is 12.4 Å². The molecule has 4 nitrogen and oxygen atoms in total. The Morgan fingerprint density at radius 1 is 1.28 bits per heavy atom. The molecule has 1 unspecified atom stereocenters. The maximum atomic E-state index is 11.4. The maximum absolute atomic E-state index is 11.4. The molecule has 1 rings (SSSR count). The minimum Gasteiger partial charge on any atom is -0.346 e. The van der Waals surface area contributed by atoms with E-state index in [2.05, 4.69) is 5.32 Å². The highest BCUT2D eigenvalue weighted by molar-refractivity contribution is 7.37. The molecule has 0 aromatic heterocycles. The van der Waals surface area contributed by atoms with Gasteiger partial charge in [0.25, 0.3) is 0 Å². The van der Waals surface area contributed by atoms with E-state index in [0.717, 1.165) is 5.56 Å². The van der Waals surface area contributed by atoms with Gasteiger partial charge < -0.3 is 10.2 Å². The van der Waals surface area contributed by atoms with E-state index in [0.29, 0.717) is 25.9 Å². The molecule has 0 radical (unpaired) electrons. The highest BCUT2D eigenvalue weighted by Gasteiger charge is 2.02. The van der Waals surface area contributed by atoms with Crippen molar-refractivity contribution in [2.75, 3.05) is 12.7 Å². The number of nitrogens with one attached hydrogen (secondary N) is 1. The van der Waals surface area contributed by atoms with Crippen LogP contribution in [0.2, 0.25) is 0 Å². The fourth-order valence-electron chi connectivity index (χ4n) is 1.47. The predicted octanol–water partition coefficient (Wildman–Crippen LogP) is 2.01. The summed E-state index contributed by atoms with van der Waals surface area (Å²) in [5.74, 6) is 0.0872. The maximum Gasteiger partial charge on any atom is 0.189 e. The molecular weight excluding hydrogens is 273 g/mol. The van der Waals surface area contributed by atoms with Crippen LogP contribution in [0.4, 0.5) is 0 Å². The third kappa shape index (κ3) is 8.43. The Labute approximate surface area is 114 Å². The van der Waals surface area contributed by atoms with E-state index in [-0.39, 0.29) is 24.4 Å². The van der Waals surface area contributed by atoms with Gasteiger partial charge in [-0.1, -0.05) is 30.3 Å². The largest absolute Gasteiger partial charge is 0.346 e.